The van der Waals surface area contributed by atoms with Crippen molar-refractivity contribution in [3.63, 3.8) is 0 Å². The fourth-order valence-electron chi connectivity index (χ4n) is 17.2. The Morgan fingerprint density at radius 2 is 0.483 bits per heavy atom. The summed E-state index contributed by atoms with van der Waals surface area (Å²) in [5.41, 5.74) is -0.106. The smallest absolute Gasteiger partial charge is 0.416 e. The fraction of sp³-hybridized carbons (Fsp3) is 1.00. The first-order chi connectivity index (χ1) is 42.0. The highest BCUT2D eigenvalue weighted by molar-refractivity contribution is 7.02. The summed E-state index contributed by atoms with van der Waals surface area (Å²) in [6.07, 6.45) is 31.7. The summed E-state index contributed by atoms with van der Waals surface area (Å²) in [5.74, 6) is 0. The third-order valence-electron chi connectivity index (χ3n) is 22.1. The maximum atomic E-state index is 9.02. The number of epoxide rings is 3. The Kier molecular flexibility index (Phi) is 21.7. The van der Waals surface area contributed by atoms with Crippen molar-refractivity contribution in [3.8, 4) is 0 Å². The van der Waals surface area contributed by atoms with Crippen LogP contribution in [0.1, 0.15) is 199 Å². The van der Waals surface area contributed by atoms with Crippen LogP contribution in [0.3, 0.4) is 0 Å². The predicted molar refractivity (Wildman–Crippen MR) is 351 cm³/mol. The van der Waals surface area contributed by atoms with E-state index in [1.807, 2.05) is 0 Å². The zero-order valence-corrected chi connectivity index (χ0v) is 64.5. The summed E-state index contributed by atoms with van der Waals surface area (Å²) >= 11 is 0. The van der Waals surface area contributed by atoms with Crippen LogP contribution >= 0.6 is 0 Å². The minimum atomic E-state index is -4.22. The highest BCUT2D eigenvalue weighted by atomic mass is 28.6. The second-order valence-corrected chi connectivity index (χ2v) is 67.0. The summed E-state index contributed by atoms with van der Waals surface area (Å²) in [7, 11) is -37.4. The Labute approximate surface area is 534 Å². The highest BCUT2D eigenvalue weighted by Crippen LogP contribution is 2.64. The minimum absolute atomic E-state index is 0.000348. The first-order valence-corrected chi connectivity index (χ1v) is 57.9. The van der Waals surface area contributed by atoms with Gasteiger partial charge in [-0.2, -0.15) is 0 Å². The molecular weight excluding hydrogens is 1280 g/mol. The maximum Gasteiger partial charge on any atom is 0.482 e. The average Bonchev–Trinajstić information content (AvgIpc) is 1.22. The van der Waals surface area contributed by atoms with E-state index in [2.05, 4.69) is 39.3 Å². The minimum Gasteiger partial charge on any atom is -0.416 e. The van der Waals surface area contributed by atoms with Crippen molar-refractivity contribution in [1.29, 1.82) is 0 Å². The Bertz CT molecular complexity index is 1970. The van der Waals surface area contributed by atoms with E-state index in [0.717, 1.165) is 237 Å². The zero-order chi connectivity index (χ0) is 59.9. The Balaban J connectivity index is 1.03. The molecule has 6 aliphatic heterocycles. The topological polar surface area (TPSA) is 176 Å². The molecule has 498 valence electrons. The summed E-state index contributed by atoms with van der Waals surface area (Å²) in [6, 6.07) is 2.67. The summed E-state index contributed by atoms with van der Waals surface area (Å²) in [5, 5.41) is 0. The van der Waals surface area contributed by atoms with E-state index in [4.69, 9.17) is 77.8 Å². The lowest BCUT2D eigenvalue weighted by molar-refractivity contribution is -0.00706. The Hall–Kier alpha value is 1.45. The molecule has 3 unspecified atom stereocenters. The molecule has 0 N–H and O–H groups in total. The fourth-order valence-corrected chi connectivity index (χ4v) is 78.1. The van der Waals surface area contributed by atoms with E-state index in [1.54, 1.807) is 0 Å². The summed E-state index contributed by atoms with van der Waals surface area (Å²) < 4.78 is 142. The third kappa shape index (κ3) is 15.9. The van der Waals surface area contributed by atoms with Gasteiger partial charge in [0.2, 0.25) is 0 Å². The molecule has 0 aromatic carbocycles. The molecule has 13 aliphatic rings. The lowest BCUT2D eigenvalue weighted by Crippen LogP contribution is -2.86. The van der Waals surface area contributed by atoms with Crippen LogP contribution in [0.5, 0.6) is 0 Å². The molecule has 0 amide bonds. The highest BCUT2D eigenvalue weighted by Gasteiger charge is 2.84. The molecule has 0 radical (unpaired) electrons. The third-order valence-corrected chi connectivity index (χ3v) is 68.4. The number of ether oxygens (including phenoxy) is 6. The standard InChI is InChI=1S/C59H114O18Si10/c1-78(2,41-21-38-60-44-50-47-63-50)66-81(53-24-7-8-25-53)69-84(56-30-13-14-31-56)71-82(54-26-9-10-27-54,67-79(3,4)42-22-39-61-45-51-48-64-51)73-86(58-34-17-18-35-58)74-83(55-28-11-12-29-55,68-80(5,6)43-23-40-62-46-52-49-65-52)72-85(70-81,57-32-15-16-33-57)76-87(75-84,77-86)59-36-19-20-37-59/h50-59H,7-49H2,1-6H3. The van der Waals surface area contributed by atoms with Crippen molar-refractivity contribution >= 4 is 86.6 Å². The lowest BCUT2D eigenvalue weighted by atomic mass is 10.4. The van der Waals surface area contributed by atoms with Gasteiger partial charge in [0, 0.05) is 58.6 Å². The van der Waals surface area contributed by atoms with Gasteiger partial charge < -0.3 is 77.8 Å². The van der Waals surface area contributed by atoms with Crippen LogP contribution in [0.4, 0.5) is 0 Å². The van der Waals surface area contributed by atoms with Crippen LogP contribution in [0.25, 0.3) is 0 Å². The molecular formula is C59H114O18Si10. The van der Waals surface area contributed by atoms with Crippen LogP contribution in [-0.4, -0.2) is 164 Å². The van der Waals surface area contributed by atoms with Crippen molar-refractivity contribution in [2.24, 2.45) is 0 Å². The monoisotopic (exact) mass is 1390 g/mol. The molecule has 3 atom stereocenters. The lowest BCUT2D eigenvalue weighted by Gasteiger charge is -2.63. The van der Waals surface area contributed by atoms with Gasteiger partial charge in [-0.25, -0.2) is 0 Å². The quantitative estimate of drug-likeness (QED) is 0.0363. The van der Waals surface area contributed by atoms with E-state index >= 15 is 0 Å². The normalized spacial score (nSPS) is 39.7. The van der Waals surface area contributed by atoms with Crippen molar-refractivity contribution in [1.82, 2.24) is 0 Å². The Morgan fingerprint density at radius 1 is 0.287 bits per heavy atom. The van der Waals surface area contributed by atoms with Gasteiger partial charge in [0.15, 0.2) is 25.0 Å². The predicted octanol–water partition coefficient (Wildman–Crippen LogP) is 14.4. The molecule has 7 aliphatic carbocycles. The molecule has 0 aromatic rings. The zero-order valence-electron chi connectivity index (χ0n) is 54.5. The molecule has 6 saturated heterocycles. The van der Waals surface area contributed by atoms with Crippen molar-refractivity contribution in [3.05, 3.63) is 0 Å². The largest absolute Gasteiger partial charge is 0.482 e. The van der Waals surface area contributed by atoms with E-state index < -0.39 is 86.6 Å². The molecule has 13 fully saturated rings. The molecule has 87 heavy (non-hydrogen) atoms. The van der Waals surface area contributed by atoms with E-state index in [1.165, 1.54) is 0 Å². The van der Waals surface area contributed by atoms with Crippen molar-refractivity contribution < 1.29 is 77.8 Å². The van der Waals surface area contributed by atoms with Gasteiger partial charge in [-0.3, -0.25) is 0 Å². The van der Waals surface area contributed by atoms with Gasteiger partial charge in [-0.1, -0.05) is 89.9 Å². The van der Waals surface area contributed by atoms with Gasteiger partial charge in [-0.05, 0) is 167 Å². The van der Waals surface area contributed by atoms with Crippen LogP contribution in [0.2, 0.25) is 96.2 Å². The van der Waals surface area contributed by atoms with Gasteiger partial charge in [-0.15, -0.1) is 0 Å². The molecule has 28 heteroatoms. The molecule has 0 spiro atoms. The summed E-state index contributed by atoms with van der Waals surface area (Å²) in [4.78, 5) is 0. The molecule has 4 bridgehead atoms. The molecule has 6 heterocycles. The second-order valence-electron chi connectivity index (χ2n) is 31.0. The number of fused-ring (bicyclic) bond motifs is 3. The van der Waals surface area contributed by atoms with E-state index in [-0.39, 0.29) is 57.1 Å². The van der Waals surface area contributed by atoms with Crippen LogP contribution in [0.15, 0.2) is 0 Å². The van der Waals surface area contributed by atoms with Gasteiger partial charge in [0.25, 0.3) is 0 Å². The molecule has 0 aromatic heterocycles. The molecule has 7 saturated carbocycles. The van der Waals surface area contributed by atoms with Crippen molar-refractivity contribution in [2.45, 2.75) is 314 Å². The van der Waals surface area contributed by atoms with Crippen LogP contribution in [0, 0.1) is 0 Å². The van der Waals surface area contributed by atoms with E-state index in [0.29, 0.717) is 39.6 Å². The first-order valence-electron chi connectivity index (χ1n) is 36.0. The SMILES string of the molecule is C[Si](C)(CCCOCC1CO1)O[Si]1(C2CCCC2)O[Si]2(C3CCCC3)O[Si](O[Si](C)(C)CCCOCC3CO3)(C3CCCC3)O[Si]3(C4CCCC4)O[Si](O[Si](C)(C)CCCOCC4CO4)(C4CCCC4)O[Si](C4CCCC4)(O1)O[Si](C1CCCC1)(O2)O3. The number of hydrogen-bond acceptors (Lipinski definition) is 18. The van der Waals surface area contributed by atoms with Gasteiger partial charge >= 0.3 is 61.6 Å². The van der Waals surface area contributed by atoms with Gasteiger partial charge in [0.1, 0.15) is 18.3 Å². The van der Waals surface area contributed by atoms with E-state index in [9.17, 15) is 0 Å². The first kappa shape index (κ1) is 67.0. The Morgan fingerprint density at radius 3 is 0.690 bits per heavy atom. The number of hydrogen-bond donors (Lipinski definition) is 0. The summed E-state index contributed by atoms with van der Waals surface area (Å²) in [6.45, 7) is 20.8. The average molecular weight is 1390 g/mol. The maximum absolute atomic E-state index is 9.02. The van der Waals surface area contributed by atoms with Crippen LogP contribution in [-0.2, 0) is 77.8 Å². The van der Waals surface area contributed by atoms with Gasteiger partial charge in [0.05, 0.1) is 39.6 Å². The molecule has 13 rings (SSSR count). The second kappa shape index (κ2) is 28.1. The number of rotatable bonds is 31. The molecule has 18 nitrogen and oxygen atoms in total. The van der Waals surface area contributed by atoms with Crippen LogP contribution < -0.4 is 0 Å². The van der Waals surface area contributed by atoms with Crippen molar-refractivity contribution in [2.75, 3.05) is 59.5 Å².